The second-order valence-electron chi connectivity index (χ2n) is 14.8. The summed E-state index contributed by atoms with van der Waals surface area (Å²) in [5.74, 6) is -11.2. The average molecular weight is 1050 g/mol. The van der Waals surface area contributed by atoms with Crippen molar-refractivity contribution < 1.29 is 104 Å². The van der Waals surface area contributed by atoms with Crippen molar-refractivity contribution in [3.8, 4) is 0 Å². The summed E-state index contributed by atoms with van der Waals surface area (Å²) in [7, 11) is 1.84. The number of carbonyl (C=O) groups is 11. The van der Waals surface area contributed by atoms with Gasteiger partial charge in [-0.1, -0.05) is 6.07 Å². The van der Waals surface area contributed by atoms with E-state index in [-0.39, 0.29) is 69.8 Å². The summed E-state index contributed by atoms with van der Waals surface area (Å²) in [6.45, 7) is 2.19. The highest BCUT2D eigenvalue weighted by Crippen LogP contribution is 2.27. The maximum absolute atomic E-state index is 12.4. The maximum atomic E-state index is 12.4. The molecule has 3 aromatic rings. The molecule has 5 atom stereocenters. The zero-order chi connectivity index (χ0) is 56.0. The van der Waals surface area contributed by atoms with Gasteiger partial charge in [0.15, 0.2) is 0 Å². The molecule has 1 aromatic carbocycles. The van der Waals surface area contributed by atoms with E-state index >= 15 is 0 Å². The van der Waals surface area contributed by atoms with E-state index in [0.29, 0.717) is 28.1 Å². The first-order valence-corrected chi connectivity index (χ1v) is 21.5. The number of aryl methyl sites for hydroxylation is 1. The largest absolute Gasteiger partial charge is 0.481 e. The number of hydrogen-bond acceptors (Lipinski definition) is 19. The molecule has 0 fully saturated rings. The molecule has 31 heteroatoms. The Hall–Kier alpha value is -8.13. The van der Waals surface area contributed by atoms with Gasteiger partial charge in [-0.3, -0.25) is 52.7 Å². The predicted octanol–water partition coefficient (Wildman–Crippen LogP) is -0.970. The first kappa shape index (κ1) is 66.0. The van der Waals surface area contributed by atoms with E-state index in [4.69, 9.17) is 68.9 Å². The van der Waals surface area contributed by atoms with Gasteiger partial charge in [0, 0.05) is 45.7 Å². The summed E-state index contributed by atoms with van der Waals surface area (Å²) in [6, 6.07) is 3.25. The van der Waals surface area contributed by atoms with Gasteiger partial charge in [0.05, 0.1) is 20.8 Å². The number of nitrogens with zero attached hydrogens (tertiary/aromatic N) is 2. The molecule has 0 bridgehead atoms. The van der Waals surface area contributed by atoms with E-state index in [0.717, 1.165) is 10.6 Å². The number of H-pyrrole nitrogens is 1. The number of anilines is 1. The van der Waals surface area contributed by atoms with Gasteiger partial charge >= 0.3 is 59.7 Å². The van der Waals surface area contributed by atoms with Crippen LogP contribution in [0.5, 0.6) is 0 Å². The number of nitrogens with two attached hydrogens (primary N) is 4. The molecule has 0 aliphatic rings. The van der Waals surface area contributed by atoms with E-state index in [2.05, 4.69) is 15.3 Å². The van der Waals surface area contributed by atoms with Crippen molar-refractivity contribution in [1.82, 2.24) is 15.3 Å². The highest BCUT2D eigenvalue weighted by atomic mass is 32.1. The summed E-state index contributed by atoms with van der Waals surface area (Å²) in [4.78, 5) is 135. The number of thiophene rings is 1. The fraction of sp³-hybridized carbons (Fsp3) is 0.439. The Bertz CT molecular complexity index is 2270. The minimum Gasteiger partial charge on any atom is -0.481 e. The number of carboxylic acid groups (broad SMARTS) is 10. The van der Waals surface area contributed by atoms with Crippen LogP contribution in [0.1, 0.15) is 85.3 Å². The molecule has 0 aliphatic heterocycles. The molecule has 1 amide bonds. The number of aromatic amines is 1. The third-order valence-corrected chi connectivity index (χ3v) is 9.89. The number of rotatable bonds is 25. The first-order valence-electron chi connectivity index (χ1n) is 20.7. The average Bonchev–Trinajstić information content (AvgIpc) is 3.79. The smallest absolute Gasteiger partial charge is 0.326 e. The molecule has 72 heavy (non-hydrogen) atoms. The Labute approximate surface area is 410 Å². The molecule has 0 spiro atoms. The Morgan fingerprint density at radius 2 is 0.958 bits per heavy atom. The second kappa shape index (κ2) is 34.2. The van der Waals surface area contributed by atoms with Gasteiger partial charge in [0.1, 0.15) is 36.0 Å². The predicted molar refractivity (Wildman–Crippen MR) is 249 cm³/mol. The standard InChI is InChI=1S/C21H22N4O6S.4C5H9NO4/c1-11-22-14-4-3-12(9-13(14)19(28)23-11)10-25(2)17-7-6-16(32-17)20(29)24-15(21(30)31)5-8-18(26)27;4*6-3(5(9)10)1-2-4(7)8/h3-4,6-7,9,15H,5,8,10H2,1-2H3,(H,24,29)(H,26,27)(H,30,31)(H,22,23,28);4*3H,1-2,6H2,(H,7,8)(H,9,10)/t15-;;;;/m0..../s1. The van der Waals surface area contributed by atoms with Crippen molar-refractivity contribution in [3.63, 3.8) is 0 Å². The summed E-state index contributed by atoms with van der Waals surface area (Å²) < 4.78 is 0. The lowest BCUT2D eigenvalue weighted by Crippen LogP contribution is -2.40. The number of aromatic nitrogens is 2. The molecule has 0 saturated heterocycles. The number of carboxylic acids is 10. The van der Waals surface area contributed by atoms with Gasteiger partial charge in [-0.2, -0.15) is 0 Å². The lowest BCUT2D eigenvalue weighted by molar-refractivity contribution is -0.142. The minimum absolute atomic E-state index is 0.0231. The van der Waals surface area contributed by atoms with Crippen LogP contribution in [0.25, 0.3) is 10.9 Å². The third-order valence-electron chi connectivity index (χ3n) is 8.70. The van der Waals surface area contributed by atoms with Crippen LogP contribution < -0.4 is 38.7 Å². The fourth-order valence-corrected chi connectivity index (χ4v) is 5.64. The number of fused-ring (bicyclic) bond motifs is 1. The monoisotopic (exact) mass is 1050 g/mol. The molecule has 3 rings (SSSR count). The van der Waals surface area contributed by atoms with E-state index < -0.39 is 95.8 Å². The summed E-state index contributed by atoms with van der Waals surface area (Å²) in [5.41, 5.74) is 21.3. The van der Waals surface area contributed by atoms with Crippen molar-refractivity contribution in [2.75, 3.05) is 11.9 Å². The van der Waals surface area contributed by atoms with E-state index in [1.807, 2.05) is 18.0 Å². The van der Waals surface area contributed by atoms with Crippen LogP contribution in [0.4, 0.5) is 5.00 Å². The zero-order valence-corrected chi connectivity index (χ0v) is 39.4. The van der Waals surface area contributed by atoms with Crippen LogP contribution in [0, 0.1) is 6.92 Å². The van der Waals surface area contributed by atoms with Crippen LogP contribution in [0.2, 0.25) is 0 Å². The van der Waals surface area contributed by atoms with Gasteiger partial charge in [-0.25, -0.2) is 9.78 Å². The number of amides is 1. The van der Waals surface area contributed by atoms with Crippen LogP contribution in [0.15, 0.2) is 35.1 Å². The lowest BCUT2D eigenvalue weighted by atomic mass is 10.1. The van der Waals surface area contributed by atoms with E-state index in [1.165, 1.54) is 11.3 Å². The van der Waals surface area contributed by atoms with Gasteiger partial charge in [-0.15, -0.1) is 11.3 Å². The normalized spacial score (nSPS) is 12.2. The first-order chi connectivity index (χ1) is 33.3. The van der Waals surface area contributed by atoms with Crippen molar-refractivity contribution in [3.05, 3.63) is 57.0 Å². The molecule has 2 heterocycles. The number of benzene rings is 1. The molecular weight excluding hydrogens is 989 g/mol. The quantitative estimate of drug-likeness (QED) is 0.0485. The highest BCUT2D eigenvalue weighted by molar-refractivity contribution is 7.18. The molecule has 20 N–H and O–H groups in total. The van der Waals surface area contributed by atoms with E-state index in [9.17, 15) is 62.6 Å². The molecular formula is C41H58N8O22S. The van der Waals surface area contributed by atoms with Gasteiger partial charge in [-0.05, 0) is 68.9 Å². The van der Waals surface area contributed by atoms with Crippen LogP contribution in [-0.4, -0.2) is 164 Å². The molecule has 0 saturated carbocycles. The molecule has 4 unspecified atom stereocenters. The highest BCUT2D eigenvalue weighted by Gasteiger charge is 2.23. The summed E-state index contributed by atoms with van der Waals surface area (Å²) in [6.07, 6.45) is -1.46. The number of carbonyl (C=O) groups excluding carboxylic acids is 1. The van der Waals surface area contributed by atoms with E-state index in [1.54, 1.807) is 31.2 Å². The SMILES string of the molecule is Cc1nc2ccc(CN(C)c3ccc(C(=O)N[C@@H](CCC(=O)O)C(=O)O)s3)cc2c(=O)[nH]1.NC(CCC(=O)O)C(=O)O.NC(CCC(=O)O)C(=O)O.NC(CCC(=O)O)C(=O)O.NC(CCC(=O)O)C(=O)O. The Morgan fingerprint density at radius 1 is 0.583 bits per heavy atom. The van der Waals surface area contributed by atoms with Gasteiger partial charge < -0.3 is 89.2 Å². The Balaban J connectivity index is 0. The third kappa shape index (κ3) is 30.4. The second-order valence-corrected chi connectivity index (χ2v) is 15.9. The molecule has 2 aromatic heterocycles. The van der Waals surface area contributed by atoms with Crippen LogP contribution >= 0.6 is 11.3 Å². The van der Waals surface area contributed by atoms with Crippen molar-refractivity contribution in [1.29, 1.82) is 0 Å². The van der Waals surface area contributed by atoms with Crippen LogP contribution in [0.3, 0.4) is 0 Å². The molecule has 0 radical (unpaired) electrons. The van der Waals surface area contributed by atoms with Crippen LogP contribution in [-0.2, 0) is 54.5 Å². The molecule has 30 nitrogen and oxygen atoms in total. The number of hydrogen-bond donors (Lipinski definition) is 16. The van der Waals surface area contributed by atoms with Gasteiger partial charge in [0.25, 0.3) is 11.5 Å². The Kier molecular flexibility index (Phi) is 31.3. The number of nitrogens with one attached hydrogen (secondary N) is 2. The molecule has 400 valence electrons. The van der Waals surface area contributed by atoms with Crippen molar-refractivity contribution in [2.24, 2.45) is 22.9 Å². The summed E-state index contributed by atoms with van der Waals surface area (Å²) in [5, 5.41) is 86.7. The lowest BCUT2D eigenvalue weighted by Gasteiger charge is -2.17. The zero-order valence-electron chi connectivity index (χ0n) is 38.5. The molecule has 0 aliphatic carbocycles. The fourth-order valence-electron chi connectivity index (χ4n) is 4.77. The number of aliphatic carboxylic acids is 10. The Morgan fingerprint density at radius 3 is 1.31 bits per heavy atom. The van der Waals surface area contributed by atoms with Crippen molar-refractivity contribution >= 4 is 92.8 Å². The van der Waals surface area contributed by atoms with Gasteiger partial charge in [0.2, 0.25) is 0 Å². The summed E-state index contributed by atoms with van der Waals surface area (Å²) >= 11 is 1.18. The minimum atomic E-state index is -1.29. The maximum Gasteiger partial charge on any atom is 0.326 e. The van der Waals surface area contributed by atoms with Crippen molar-refractivity contribution in [2.45, 2.75) is 108 Å². The topological polar surface area (TPSA) is 555 Å².